The van der Waals surface area contributed by atoms with Crippen LogP contribution in [0, 0.1) is 6.92 Å². The SMILES string of the molecule is CCCNC(Cc1ccccc1C)c1ccoc1Cl. The lowest BCUT2D eigenvalue weighted by Gasteiger charge is -2.19. The molecule has 0 saturated heterocycles. The average Bonchev–Trinajstić information content (AvgIpc) is 2.83. The van der Waals surface area contributed by atoms with Gasteiger partial charge in [-0.05, 0) is 55.1 Å². The number of hydrogen-bond donors (Lipinski definition) is 1. The maximum atomic E-state index is 6.11. The molecule has 1 N–H and O–H groups in total. The Morgan fingerprint density at radius 3 is 2.68 bits per heavy atom. The van der Waals surface area contributed by atoms with Crippen molar-refractivity contribution in [2.75, 3.05) is 6.54 Å². The first kappa shape index (κ1) is 14.2. The number of furan rings is 1. The highest BCUT2D eigenvalue weighted by molar-refractivity contribution is 6.29. The summed E-state index contributed by atoms with van der Waals surface area (Å²) in [5, 5.41) is 4.03. The van der Waals surface area contributed by atoms with Crippen LogP contribution in [0.15, 0.2) is 41.0 Å². The average molecular weight is 278 g/mol. The molecule has 0 amide bonds. The summed E-state index contributed by atoms with van der Waals surface area (Å²) in [4.78, 5) is 0. The summed E-state index contributed by atoms with van der Waals surface area (Å²) in [5.41, 5.74) is 3.69. The van der Waals surface area contributed by atoms with Crippen LogP contribution in [0.2, 0.25) is 5.22 Å². The minimum Gasteiger partial charge on any atom is -0.453 e. The number of halogens is 1. The molecule has 1 aromatic carbocycles. The number of hydrogen-bond acceptors (Lipinski definition) is 2. The molecule has 102 valence electrons. The first-order valence-corrected chi connectivity index (χ1v) is 7.11. The maximum absolute atomic E-state index is 6.11. The summed E-state index contributed by atoms with van der Waals surface area (Å²) >= 11 is 6.11. The minimum absolute atomic E-state index is 0.201. The van der Waals surface area contributed by atoms with Gasteiger partial charge in [-0.15, -0.1) is 0 Å². The van der Waals surface area contributed by atoms with Gasteiger partial charge in [0.05, 0.1) is 6.26 Å². The molecule has 2 rings (SSSR count). The van der Waals surface area contributed by atoms with E-state index in [0.29, 0.717) is 5.22 Å². The van der Waals surface area contributed by atoms with Crippen molar-refractivity contribution in [2.24, 2.45) is 0 Å². The molecule has 0 radical (unpaired) electrons. The highest BCUT2D eigenvalue weighted by Gasteiger charge is 2.17. The molecule has 0 spiro atoms. The van der Waals surface area contributed by atoms with Crippen LogP contribution in [0.5, 0.6) is 0 Å². The highest BCUT2D eigenvalue weighted by atomic mass is 35.5. The summed E-state index contributed by atoms with van der Waals surface area (Å²) in [6.45, 7) is 5.27. The van der Waals surface area contributed by atoms with Crippen LogP contribution in [-0.4, -0.2) is 6.54 Å². The van der Waals surface area contributed by atoms with Crippen molar-refractivity contribution < 1.29 is 4.42 Å². The Balaban J connectivity index is 2.19. The zero-order valence-electron chi connectivity index (χ0n) is 11.4. The number of rotatable bonds is 6. The zero-order chi connectivity index (χ0) is 13.7. The van der Waals surface area contributed by atoms with E-state index in [1.165, 1.54) is 11.1 Å². The molecule has 0 saturated carbocycles. The van der Waals surface area contributed by atoms with E-state index in [-0.39, 0.29) is 6.04 Å². The van der Waals surface area contributed by atoms with E-state index >= 15 is 0 Å². The third-order valence-corrected chi connectivity index (χ3v) is 3.65. The van der Waals surface area contributed by atoms with Gasteiger partial charge in [0.15, 0.2) is 5.22 Å². The second-order valence-corrected chi connectivity index (χ2v) is 5.13. The van der Waals surface area contributed by atoms with Crippen molar-refractivity contribution >= 4 is 11.6 Å². The molecule has 1 heterocycles. The van der Waals surface area contributed by atoms with E-state index in [4.69, 9.17) is 16.0 Å². The monoisotopic (exact) mass is 277 g/mol. The number of nitrogens with one attached hydrogen (secondary N) is 1. The molecule has 0 aliphatic rings. The quantitative estimate of drug-likeness (QED) is 0.839. The van der Waals surface area contributed by atoms with Crippen molar-refractivity contribution in [3.05, 3.63) is 58.5 Å². The predicted molar refractivity (Wildman–Crippen MR) is 79.6 cm³/mol. The van der Waals surface area contributed by atoms with Gasteiger partial charge in [0.25, 0.3) is 0 Å². The van der Waals surface area contributed by atoms with Crippen LogP contribution < -0.4 is 5.32 Å². The number of benzene rings is 1. The van der Waals surface area contributed by atoms with E-state index in [1.807, 2.05) is 6.07 Å². The van der Waals surface area contributed by atoms with Crippen LogP contribution in [0.25, 0.3) is 0 Å². The van der Waals surface area contributed by atoms with Crippen LogP contribution >= 0.6 is 11.6 Å². The van der Waals surface area contributed by atoms with Gasteiger partial charge in [-0.25, -0.2) is 0 Å². The van der Waals surface area contributed by atoms with E-state index in [1.54, 1.807) is 6.26 Å². The second kappa shape index (κ2) is 6.78. The van der Waals surface area contributed by atoms with Gasteiger partial charge in [0.1, 0.15) is 0 Å². The van der Waals surface area contributed by atoms with Gasteiger partial charge >= 0.3 is 0 Å². The summed E-state index contributed by atoms with van der Waals surface area (Å²) in [6, 6.07) is 10.6. The largest absolute Gasteiger partial charge is 0.453 e. The Bertz CT molecular complexity index is 521. The first-order chi connectivity index (χ1) is 9.22. The summed E-state index contributed by atoms with van der Waals surface area (Å²) < 4.78 is 5.22. The standard InChI is InChI=1S/C16H20ClNO/c1-3-9-18-15(14-8-10-19-16(14)17)11-13-7-5-4-6-12(13)2/h4-8,10,15,18H,3,9,11H2,1-2H3. The smallest absolute Gasteiger partial charge is 0.197 e. The molecule has 19 heavy (non-hydrogen) atoms. The molecule has 2 aromatic rings. The van der Waals surface area contributed by atoms with Gasteiger partial charge in [0.2, 0.25) is 0 Å². The van der Waals surface area contributed by atoms with Crippen molar-refractivity contribution in [2.45, 2.75) is 32.7 Å². The van der Waals surface area contributed by atoms with Crippen molar-refractivity contribution in [3.8, 4) is 0 Å². The fourth-order valence-electron chi connectivity index (χ4n) is 2.22. The Morgan fingerprint density at radius 2 is 2.05 bits per heavy atom. The Hall–Kier alpha value is -1.25. The van der Waals surface area contributed by atoms with Crippen LogP contribution in [-0.2, 0) is 6.42 Å². The molecule has 2 nitrogen and oxygen atoms in total. The summed E-state index contributed by atoms with van der Waals surface area (Å²) in [7, 11) is 0. The number of aryl methyl sites for hydroxylation is 1. The van der Waals surface area contributed by atoms with Gasteiger partial charge in [0, 0.05) is 11.6 Å². The second-order valence-electron chi connectivity index (χ2n) is 4.79. The summed E-state index contributed by atoms with van der Waals surface area (Å²) in [6.07, 6.45) is 3.67. The van der Waals surface area contributed by atoms with Crippen LogP contribution in [0.4, 0.5) is 0 Å². The summed E-state index contributed by atoms with van der Waals surface area (Å²) in [5.74, 6) is 0. The molecule has 0 aliphatic carbocycles. The van der Waals surface area contributed by atoms with E-state index in [9.17, 15) is 0 Å². The highest BCUT2D eigenvalue weighted by Crippen LogP contribution is 2.27. The Kier molecular flexibility index (Phi) is 5.06. The fraction of sp³-hybridized carbons (Fsp3) is 0.375. The topological polar surface area (TPSA) is 25.2 Å². The zero-order valence-corrected chi connectivity index (χ0v) is 12.2. The van der Waals surface area contributed by atoms with Gasteiger partial charge < -0.3 is 9.73 Å². The van der Waals surface area contributed by atoms with Gasteiger partial charge in [-0.3, -0.25) is 0 Å². The minimum atomic E-state index is 0.201. The van der Waals surface area contributed by atoms with E-state index < -0.39 is 0 Å². The third-order valence-electron chi connectivity index (χ3n) is 3.35. The Morgan fingerprint density at radius 1 is 1.26 bits per heavy atom. The Labute approximate surface area is 119 Å². The van der Waals surface area contributed by atoms with Gasteiger partial charge in [-0.2, -0.15) is 0 Å². The lowest BCUT2D eigenvalue weighted by atomic mass is 9.97. The molecule has 1 atom stereocenters. The van der Waals surface area contributed by atoms with Crippen molar-refractivity contribution in [3.63, 3.8) is 0 Å². The third kappa shape index (κ3) is 3.62. The lowest BCUT2D eigenvalue weighted by Crippen LogP contribution is -2.24. The molecular weight excluding hydrogens is 258 g/mol. The molecule has 1 aromatic heterocycles. The van der Waals surface area contributed by atoms with E-state index in [0.717, 1.165) is 24.9 Å². The van der Waals surface area contributed by atoms with Crippen molar-refractivity contribution in [1.82, 2.24) is 5.32 Å². The van der Waals surface area contributed by atoms with Crippen LogP contribution in [0.3, 0.4) is 0 Å². The molecule has 0 aliphatic heterocycles. The maximum Gasteiger partial charge on any atom is 0.197 e. The molecular formula is C16H20ClNO. The van der Waals surface area contributed by atoms with Crippen molar-refractivity contribution in [1.29, 1.82) is 0 Å². The van der Waals surface area contributed by atoms with Gasteiger partial charge in [-0.1, -0.05) is 31.2 Å². The lowest BCUT2D eigenvalue weighted by molar-refractivity contribution is 0.512. The van der Waals surface area contributed by atoms with E-state index in [2.05, 4.69) is 43.4 Å². The van der Waals surface area contributed by atoms with Crippen LogP contribution in [0.1, 0.15) is 36.1 Å². The molecule has 1 unspecified atom stereocenters. The molecule has 3 heteroatoms. The normalized spacial score (nSPS) is 12.6. The fourth-order valence-corrected chi connectivity index (χ4v) is 2.47. The predicted octanol–water partition coefficient (Wildman–Crippen LogP) is 4.52. The molecule has 0 fully saturated rings. The molecule has 0 bridgehead atoms. The first-order valence-electron chi connectivity index (χ1n) is 6.73.